The highest BCUT2D eigenvalue weighted by Crippen LogP contribution is 2.36. The Kier molecular flexibility index (Phi) is 14.7. The van der Waals surface area contributed by atoms with Crippen molar-refractivity contribution in [1.82, 2.24) is 5.01 Å². The predicted octanol–water partition coefficient (Wildman–Crippen LogP) is 0.733. The molecular formula is C15H32N2O8S3. The Morgan fingerprint density at radius 1 is 1.18 bits per heavy atom. The maximum absolute atomic E-state index is 11.0. The van der Waals surface area contributed by atoms with Crippen LogP contribution in [0.4, 0.5) is 0 Å². The highest BCUT2D eigenvalue weighted by Gasteiger charge is 2.30. The SMILES string of the molecule is COCCOCCOCCN(N)CC(C)(C)SSCCC(C(=O)O)S(=O)(=O)O. The third-order valence-corrected chi connectivity index (χ3v) is 7.76. The number of hydrogen-bond donors (Lipinski definition) is 3. The van der Waals surface area contributed by atoms with Gasteiger partial charge in [-0.3, -0.25) is 15.2 Å². The van der Waals surface area contributed by atoms with E-state index < -0.39 is 21.3 Å². The fraction of sp³-hybridized carbons (Fsp3) is 0.933. The Hall–Kier alpha value is -0.120. The van der Waals surface area contributed by atoms with Crippen LogP contribution in [0.2, 0.25) is 0 Å². The van der Waals surface area contributed by atoms with Crippen molar-refractivity contribution >= 4 is 37.7 Å². The molecule has 0 bridgehead atoms. The Morgan fingerprint density at radius 2 is 1.75 bits per heavy atom. The van der Waals surface area contributed by atoms with Gasteiger partial charge in [0.05, 0.1) is 33.0 Å². The van der Waals surface area contributed by atoms with E-state index in [-0.39, 0.29) is 16.9 Å². The van der Waals surface area contributed by atoms with E-state index in [1.807, 2.05) is 13.8 Å². The van der Waals surface area contributed by atoms with Crippen LogP contribution >= 0.6 is 21.6 Å². The van der Waals surface area contributed by atoms with Gasteiger partial charge in [0.2, 0.25) is 0 Å². The third kappa shape index (κ3) is 14.8. The molecule has 0 rings (SSSR count). The lowest BCUT2D eigenvalue weighted by Gasteiger charge is -2.28. The number of hydrogen-bond acceptors (Lipinski definition) is 10. The molecule has 0 aliphatic carbocycles. The molecular weight excluding hydrogens is 432 g/mol. The molecule has 0 aromatic rings. The van der Waals surface area contributed by atoms with Crippen molar-refractivity contribution in [2.24, 2.45) is 5.84 Å². The van der Waals surface area contributed by atoms with E-state index in [4.69, 9.17) is 29.7 Å². The van der Waals surface area contributed by atoms with Crippen LogP contribution < -0.4 is 5.84 Å². The van der Waals surface area contributed by atoms with Gasteiger partial charge in [-0.05, 0) is 20.3 Å². The summed E-state index contributed by atoms with van der Waals surface area (Å²) in [7, 11) is -0.167. The fourth-order valence-corrected chi connectivity index (χ4v) is 5.42. The first-order chi connectivity index (χ1) is 13.0. The lowest BCUT2D eigenvalue weighted by molar-refractivity contribution is -0.136. The van der Waals surface area contributed by atoms with Crippen LogP contribution in [-0.2, 0) is 29.1 Å². The second kappa shape index (κ2) is 14.8. The first-order valence-electron chi connectivity index (χ1n) is 8.63. The molecule has 0 saturated carbocycles. The molecule has 0 spiro atoms. The van der Waals surface area contributed by atoms with Gasteiger partial charge in [-0.1, -0.05) is 21.6 Å². The smallest absolute Gasteiger partial charge is 0.324 e. The molecule has 0 heterocycles. The monoisotopic (exact) mass is 464 g/mol. The summed E-state index contributed by atoms with van der Waals surface area (Å²) in [6.45, 7) is 7.57. The van der Waals surface area contributed by atoms with Crippen molar-refractivity contribution in [3.05, 3.63) is 0 Å². The van der Waals surface area contributed by atoms with Crippen molar-refractivity contribution in [2.45, 2.75) is 30.3 Å². The van der Waals surface area contributed by atoms with Gasteiger partial charge >= 0.3 is 5.97 Å². The van der Waals surface area contributed by atoms with Crippen molar-refractivity contribution in [3.8, 4) is 0 Å². The van der Waals surface area contributed by atoms with Crippen LogP contribution in [0.25, 0.3) is 0 Å². The zero-order valence-electron chi connectivity index (χ0n) is 16.5. The number of nitrogens with zero attached hydrogens (tertiary/aromatic N) is 1. The molecule has 28 heavy (non-hydrogen) atoms. The summed E-state index contributed by atoms with van der Waals surface area (Å²) in [6, 6.07) is 0. The van der Waals surface area contributed by atoms with E-state index in [0.717, 1.165) is 0 Å². The van der Waals surface area contributed by atoms with Crippen molar-refractivity contribution in [2.75, 3.05) is 59.0 Å². The minimum Gasteiger partial charge on any atom is -0.480 e. The number of carbonyl (C=O) groups is 1. The zero-order chi connectivity index (χ0) is 21.6. The quantitative estimate of drug-likeness (QED) is 0.0863. The number of carboxylic acid groups (broad SMARTS) is 1. The lowest BCUT2D eigenvalue weighted by Crippen LogP contribution is -2.42. The van der Waals surface area contributed by atoms with Crippen LogP contribution in [-0.4, -0.2) is 98.0 Å². The topological polar surface area (TPSA) is 149 Å². The standard InChI is InChI=1S/C15H32N2O8S3/c1-15(2,27-26-11-4-13(14(18)19)28(20,21)22)12-17(16)5-6-24-9-10-25-8-7-23-3/h13H,4-12,16H2,1-3H3,(H,18,19)(H,20,21,22). The summed E-state index contributed by atoms with van der Waals surface area (Å²) < 4.78 is 46.3. The molecule has 0 aliphatic heterocycles. The van der Waals surface area contributed by atoms with Crippen LogP contribution in [0, 0.1) is 0 Å². The van der Waals surface area contributed by atoms with Gasteiger partial charge in [0.15, 0.2) is 5.25 Å². The first kappa shape index (κ1) is 27.9. The largest absolute Gasteiger partial charge is 0.480 e. The minimum atomic E-state index is -4.60. The van der Waals surface area contributed by atoms with Crippen LogP contribution in [0.1, 0.15) is 20.3 Å². The zero-order valence-corrected chi connectivity index (χ0v) is 19.0. The number of carboxylic acids is 1. The third-order valence-electron chi connectivity index (χ3n) is 3.29. The average molecular weight is 465 g/mol. The fourth-order valence-electron chi connectivity index (χ4n) is 2.00. The van der Waals surface area contributed by atoms with E-state index >= 15 is 0 Å². The second-order valence-corrected chi connectivity index (χ2v) is 11.2. The van der Waals surface area contributed by atoms with Gasteiger partial charge in [-0.25, -0.2) is 5.01 Å². The number of aliphatic carboxylic acids is 1. The highest BCUT2D eigenvalue weighted by atomic mass is 33.1. The molecule has 1 atom stereocenters. The van der Waals surface area contributed by atoms with Gasteiger partial charge in [-0.2, -0.15) is 8.42 Å². The van der Waals surface area contributed by atoms with E-state index in [9.17, 15) is 13.2 Å². The molecule has 10 nitrogen and oxygen atoms in total. The second-order valence-electron chi connectivity index (χ2n) is 6.48. The molecule has 0 saturated heterocycles. The molecule has 0 aromatic heterocycles. The van der Waals surface area contributed by atoms with E-state index in [1.165, 1.54) is 21.6 Å². The van der Waals surface area contributed by atoms with E-state index in [2.05, 4.69) is 0 Å². The molecule has 0 aromatic carbocycles. The van der Waals surface area contributed by atoms with Crippen molar-refractivity contribution in [1.29, 1.82) is 0 Å². The van der Waals surface area contributed by atoms with E-state index in [0.29, 0.717) is 46.1 Å². The molecule has 13 heteroatoms. The number of methoxy groups -OCH3 is 1. The number of rotatable bonds is 18. The Bertz CT molecular complexity index is 533. The maximum atomic E-state index is 11.0. The summed E-state index contributed by atoms with van der Waals surface area (Å²) in [5, 5.41) is 8.69. The molecule has 168 valence electrons. The molecule has 0 radical (unpaired) electrons. The molecule has 0 aliphatic rings. The summed E-state index contributed by atoms with van der Waals surface area (Å²) in [5.41, 5.74) is 0. The lowest BCUT2D eigenvalue weighted by atomic mass is 10.2. The Morgan fingerprint density at radius 3 is 2.29 bits per heavy atom. The first-order valence-corrected chi connectivity index (χ1v) is 12.5. The van der Waals surface area contributed by atoms with Crippen LogP contribution in [0.15, 0.2) is 0 Å². The summed E-state index contributed by atoms with van der Waals surface area (Å²) in [6.07, 6.45) is -0.172. The molecule has 1 unspecified atom stereocenters. The van der Waals surface area contributed by atoms with Gasteiger partial charge in [-0.15, -0.1) is 0 Å². The molecule has 0 fully saturated rings. The number of hydrazine groups is 1. The summed E-state index contributed by atoms with van der Waals surface area (Å²) in [5.74, 6) is 4.70. The molecule has 0 amide bonds. The Labute approximate surface area is 174 Å². The highest BCUT2D eigenvalue weighted by molar-refractivity contribution is 8.77. The summed E-state index contributed by atoms with van der Waals surface area (Å²) >= 11 is 0. The van der Waals surface area contributed by atoms with Crippen LogP contribution in [0.3, 0.4) is 0 Å². The Balaban J connectivity index is 3.95. The summed E-state index contributed by atoms with van der Waals surface area (Å²) in [4.78, 5) is 10.9. The van der Waals surface area contributed by atoms with Crippen molar-refractivity contribution in [3.63, 3.8) is 0 Å². The number of ether oxygens (including phenoxy) is 3. The van der Waals surface area contributed by atoms with Gasteiger partial charge in [0, 0.05) is 30.7 Å². The normalized spacial score (nSPS) is 13.8. The molecule has 4 N–H and O–H groups in total. The van der Waals surface area contributed by atoms with E-state index in [1.54, 1.807) is 12.1 Å². The van der Waals surface area contributed by atoms with Gasteiger partial charge in [0.1, 0.15) is 0 Å². The predicted molar refractivity (Wildman–Crippen MR) is 111 cm³/mol. The maximum Gasteiger partial charge on any atom is 0.324 e. The minimum absolute atomic E-state index is 0.172. The van der Waals surface area contributed by atoms with Gasteiger partial charge in [0.25, 0.3) is 10.1 Å². The van der Waals surface area contributed by atoms with Gasteiger partial charge < -0.3 is 19.3 Å². The average Bonchev–Trinajstić information content (AvgIpc) is 2.54. The van der Waals surface area contributed by atoms with Crippen molar-refractivity contribution < 1.29 is 37.1 Å². The van der Waals surface area contributed by atoms with Crippen LogP contribution in [0.5, 0.6) is 0 Å². The number of nitrogens with two attached hydrogens (primary N) is 1.